The number of guanidine groups is 1. The highest BCUT2D eigenvalue weighted by molar-refractivity contribution is 5.80. The van der Waals surface area contributed by atoms with Crippen LogP contribution in [0, 0.1) is 5.92 Å². The van der Waals surface area contributed by atoms with Crippen molar-refractivity contribution in [2.24, 2.45) is 10.9 Å². The quantitative estimate of drug-likeness (QED) is 0.444. The van der Waals surface area contributed by atoms with E-state index in [4.69, 9.17) is 14.5 Å². The van der Waals surface area contributed by atoms with Crippen molar-refractivity contribution in [3.05, 3.63) is 11.6 Å². The van der Waals surface area contributed by atoms with Crippen molar-refractivity contribution < 1.29 is 9.47 Å². The van der Waals surface area contributed by atoms with Gasteiger partial charge in [0.05, 0.1) is 19.8 Å². The molecule has 2 rings (SSSR count). The highest BCUT2D eigenvalue weighted by Crippen LogP contribution is 2.17. The molecule has 2 aliphatic rings. The van der Waals surface area contributed by atoms with Crippen molar-refractivity contribution in [3.63, 3.8) is 0 Å². The normalized spacial score (nSPS) is 22.8. The molecule has 1 unspecified atom stereocenters. The van der Waals surface area contributed by atoms with E-state index in [-0.39, 0.29) is 0 Å². The van der Waals surface area contributed by atoms with Gasteiger partial charge in [-0.1, -0.05) is 11.6 Å². The molecule has 1 fully saturated rings. The Kier molecular flexibility index (Phi) is 7.74. The first-order chi connectivity index (χ1) is 10.8. The molecule has 126 valence electrons. The Labute approximate surface area is 134 Å². The van der Waals surface area contributed by atoms with Crippen LogP contribution in [0.3, 0.4) is 0 Å². The van der Waals surface area contributed by atoms with Crippen LogP contribution in [0.5, 0.6) is 0 Å². The molecular weight excluding hydrogens is 278 g/mol. The van der Waals surface area contributed by atoms with Crippen molar-refractivity contribution in [1.82, 2.24) is 10.2 Å². The molecule has 0 aliphatic carbocycles. The summed E-state index contributed by atoms with van der Waals surface area (Å²) >= 11 is 0. The predicted octanol–water partition coefficient (Wildman–Crippen LogP) is 2.05. The lowest BCUT2D eigenvalue weighted by molar-refractivity contribution is 0.114. The summed E-state index contributed by atoms with van der Waals surface area (Å²) in [6.45, 7) is 11.4. The van der Waals surface area contributed by atoms with E-state index in [0.717, 1.165) is 71.4 Å². The van der Waals surface area contributed by atoms with Crippen molar-refractivity contribution in [3.8, 4) is 0 Å². The third kappa shape index (κ3) is 5.61. The number of hydrogen-bond donors (Lipinski definition) is 1. The Bertz CT molecular complexity index is 382. The van der Waals surface area contributed by atoms with Gasteiger partial charge in [0, 0.05) is 38.7 Å². The monoisotopic (exact) mass is 309 g/mol. The highest BCUT2D eigenvalue weighted by atomic mass is 16.5. The van der Waals surface area contributed by atoms with Crippen LogP contribution in [-0.2, 0) is 9.47 Å². The number of nitrogens with zero attached hydrogens (tertiary/aromatic N) is 2. The predicted molar refractivity (Wildman–Crippen MR) is 90.3 cm³/mol. The number of rotatable bonds is 7. The van der Waals surface area contributed by atoms with Gasteiger partial charge in [0.15, 0.2) is 5.96 Å². The fourth-order valence-electron chi connectivity index (χ4n) is 2.97. The molecule has 5 nitrogen and oxygen atoms in total. The SMILES string of the molecule is CCNC(=NCCC1=CCOCC1)N1CCC(COCC)C1. The van der Waals surface area contributed by atoms with Gasteiger partial charge >= 0.3 is 0 Å². The smallest absolute Gasteiger partial charge is 0.193 e. The molecule has 2 aliphatic heterocycles. The third-order valence-corrected chi connectivity index (χ3v) is 4.23. The van der Waals surface area contributed by atoms with Gasteiger partial charge in [0.2, 0.25) is 0 Å². The second-order valence-corrected chi connectivity index (χ2v) is 5.93. The molecule has 22 heavy (non-hydrogen) atoms. The van der Waals surface area contributed by atoms with Crippen LogP contribution in [0.2, 0.25) is 0 Å². The van der Waals surface area contributed by atoms with Crippen molar-refractivity contribution in [2.45, 2.75) is 33.1 Å². The summed E-state index contributed by atoms with van der Waals surface area (Å²) in [6.07, 6.45) is 5.52. The number of aliphatic imine (C=N–C) groups is 1. The largest absolute Gasteiger partial charge is 0.381 e. The molecule has 0 amide bonds. The maximum absolute atomic E-state index is 5.56. The fourth-order valence-corrected chi connectivity index (χ4v) is 2.97. The average Bonchev–Trinajstić information content (AvgIpc) is 3.02. The number of nitrogens with one attached hydrogen (secondary N) is 1. The average molecular weight is 309 g/mol. The molecule has 0 spiro atoms. The zero-order chi connectivity index (χ0) is 15.6. The van der Waals surface area contributed by atoms with Crippen LogP contribution in [0.25, 0.3) is 0 Å². The first-order valence-electron chi connectivity index (χ1n) is 8.70. The van der Waals surface area contributed by atoms with Gasteiger partial charge in [0.1, 0.15) is 0 Å². The summed E-state index contributed by atoms with van der Waals surface area (Å²) in [7, 11) is 0. The molecule has 1 atom stereocenters. The van der Waals surface area contributed by atoms with Gasteiger partial charge < -0.3 is 19.7 Å². The summed E-state index contributed by atoms with van der Waals surface area (Å²) in [4.78, 5) is 7.19. The summed E-state index contributed by atoms with van der Waals surface area (Å²) in [5, 5.41) is 3.43. The Balaban J connectivity index is 1.80. The van der Waals surface area contributed by atoms with E-state index in [1.807, 2.05) is 0 Å². The Morgan fingerprint density at radius 3 is 3.14 bits per heavy atom. The topological polar surface area (TPSA) is 46.1 Å². The van der Waals surface area contributed by atoms with E-state index in [1.54, 1.807) is 0 Å². The first kappa shape index (κ1) is 17.3. The zero-order valence-corrected chi connectivity index (χ0v) is 14.1. The highest BCUT2D eigenvalue weighted by Gasteiger charge is 2.24. The van der Waals surface area contributed by atoms with Crippen molar-refractivity contribution >= 4 is 5.96 Å². The molecule has 1 N–H and O–H groups in total. The van der Waals surface area contributed by atoms with E-state index >= 15 is 0 Å². The van der Waals surface area contributed by atoms with E-state index in [1.165, 1.54) is 12.0 Å². The van der Waals surface area contributed by atoms with E-state index < -0.39 is 0 Å². The zero-order valence-electron chi connectivity index (χ0n) is 14.1. The lowest BCUT2D eigenvalue weighted by Crippen LogP contribution is -2.40. The summed E-state index contributed by atoms with van der Waals surface area (Å²) < 4.78 is 10.9. The van der Waals surface area contributed by atoms with Gasteiger partial charge in [-0.05, 0) is 33.1 Å². The maximum Gasteiger partial charge on any atom is 0.193 e. The van der Waals surface area contributed by atoms with Gasteiger partial charge in [-0.15, -0.1) is 0 Å². The standard InChI is InChI=1S/C17H31N3O2/c1-3-18-17(19-9-5-15-7-11-22-12-8-15)20-10-6-16(13-20)14-21-4-2/h7,16H,3-6,8-14H2,1-2H3,(H,18,19). The number of ether oxygens (including phenoxy) is 2. The molecular formula is C17H31N3O2. The minimum Gasteiger partial charge on any atom is -0.381 e. The lowest BCUT2D eigenvalue weighted by atomic mass is 10.1. The second-order valence-electron chi connectivity index (χ2n) is 5.93. The second kappa shape index (κ2) is 9.85. The van der Waals surface area contributed by atoms with Gasteiger partial charge in [-0.3, -0.25) is 4.99 Å². The van der Waals surface area contributed by atoms with Crippen LogP contribution in [0.4, 0.5) is 0 Å². The van der Waals surface area contributed by atoms with Crippen LogP contribution < -0.4 is 5.32 Å². The van der Waals surface area contributed by atoms with Crippen molar-refractivity contribution in [2.75, 3.05) is 52.6 Å². The first-order valence-corrected chi connectivity index (χ1v) is 8.70. The molecule has 0 saturated carbocycles. The fraction of sp³-hybridized carbons (Fsp3) is 0.824. The van der Waals surface area contributed by atoms with Gasteiger partial charge in [-0.2, -0.15) is 0 Å². The van der Waals surface area contributed by atoms with Gasteiger partial charge in [0.25, 0.3) is 0 Å². The minimum absolute atomic E-state index is 0.641. The van der Waals surface area contributed by atoms with Crippen molar-refractivity contribution in [1.29, 1.82) is 0 Å². The molecule has 0 aromatic rings. The lowest BCUT2D eigenvalue weighted by Gasteiger charge is -2.22. The number of likely N-dealkylation sites (tertiary alicyclic amines) is 1. The molecule has 0 bridgehead atoms. The minimum atomic E-state index is 0.641. The molecule has 1 saturated heterocycles. The van der Waals surface area contributed by atoms with E-state index in [9.17, 15) is 0 Å². The molecule has 0 aromatic carbocycles. The molecule has 5 heteroatoms. The van der Waals surface area contributed by atoms with Crippen LogP contribution >= 0.6 is 0 Å². The molecule has 2 heterocycles. The summed E-state index contributed by atoms with van der Waals surface area (Å²) in [5.41, 5.74) is 1.49. The summed E-state index contributed by atoms with van der Waals surface area (Å²) in [5.74, 6) is 1.70. The molecule has 0 aromatic heterocycles. The van der Waals surface area contributed by atoms with Gasteiger partial charge in [-0.25, -0.2) is 0 Å². The van der Waals surface area contributed by atoms with Crippen LogP contribution in [0.1, 0.15) is 33.1 Å². The maximum atomic E-state index is 5.56. The van der Waals surface area contributed by atoms with E-state index in [2.05, 4.69) is 30.1 Å². The Morgan fingerprint density at radius 1 is 1.50 bits per heavy atom. The molecule has 0 radical (unpaired) electrons. The Morgan fingerprint density at radius 2 is 2.41 bits per heavy atom. The summed E-state index contributed by atoms with van der Waals surface area (Å²) in [6, 6.07) is 0. The van der Waals surface area contributed by atoms with Crippen LogP contribution in [0.15, 0.2) is 16.6 Å². The number of hydrogen-bond acceptors (Lipinski definition) is 3. The van der Waals surface area contributed by atoms with Crippen LogP contribution in [-0.4, -0.2) is 63.5 Å². The third-order valence-electron chi connectivity index (χ3n) is 4.23. The Hall–Kier alpha value is -1.07. The van der Waals surface area contributed by atoms with E-state index in [0.29, 0.717) is 5.92 Å².